The van der Waals surface area contributed by atoms with Crippen molar-refractivity contribution in [1.82, 2.24) is 5.32 Å². The van der Waals surface area contributed by atoms with Crippen LogP contribution in [0, 0.1) is 0 Å². The molecule has 0 saturated carbocycles. The SMILES string of the molecule is CCOc1cc2c(cc1CNC(=O)c1ccccc1S(=O)(=O)C(C)C)OC(C)C2. The molecule has 29 heavy (non-hydrogen) atoms. The van der Waals surface area contributed by atoms with Gasteiger partial charge in [-0.05, 0) is 52.0 Å². The number of hydrogen-bond acceptors (Lipinski definition) is 5. The topological polar surface area (TPSA) is 81.7 Å². The maximum Gasteiger partial charge on any atom is 0.252 e. The molecule has 0 radical (unpaired) electrons. The predicted octanol–water partition coefficient (Wildman–Crippen LogP) is 3.52. The van der Waals surface area contributed by atoms with Crippen LogP contribution in [0.3, 0.4) is 0 Å². The van der Waals surface area contributed by atoms with Crippen molar-refractivity contribution in [2.45, 2.75) is 56.9 Å². The van der Waals surface area contributed by atoms with Gasteiger partial charge in [-0.1, -0.05) is 12.1 Å². The van der Waals surface area contributed by atoms with Gasteiger partial charge in [0.05, 0.1) is 22.3 Å². The summed E-state index contributed by atoms with van der Waals surface area (Å²) in [6.07, 6.45) is 0.931. The van der Waals surface area contributed by atoms with Gasteiger partial charge < -0.3 is 14.8 Å². The highest BCUT2D eigenvalue weighted by atomic mass is 32.2. The second-order valence-corrected chi connectivity index (χ2v) is 9.88. The molecule has 0 aliphatic carbocycles. The number of hydrogen-bond donors (Lipinski definition) is 1. The maximum atomic E-state index is 12.8. The molecule has 0 fully saturated rings. The molecule has 1 amide bonds. The largest absolute Gasteiger partial charge is 0.494 e. The summed E-state index contributed by atoms with van der Waals surface area (Å²) in [5.74, 6) is 1.06. The molecular weight excluding hydrogens is 390 g/mol. The number of rotatable bonds is 7. The molecule has 1 heterocycles. The van der Waals surface area contributed by atoms with Gasteiger partial charge in [-0.15, -0.1) is 0 Å². The molecule has 156 valence electrons. The average Bonchev–Trinajstić information content (AvgIpc) is 3.04. The van der Waals surface area contributed by atoms with Gasteiger partial charge in [-0.25, -0.2) is 8.42 Å². The minimum absolute atomic E-state index is 0.0450. The Bertz CT molecular complexity index is 1010. The van der Waals surface area contributed by atoms with Crippen LogP contribution in [0.2, 0.25) is 0 Å². The molecule has 7 heteroatoms. The van der Waals surface area contributed by atoms with E-state index in [1.54, 1.807) is 26.0 Å². The number of fused-ring (bicyclic) bond motifs is 1. The zero-order valence-electron chi connectivity index (χ0n) is 17.2. The molecule has 0 saturated heterocycles. The Morgan fingerprint density at radius 3 is 2.69 bits per heavy atom. The van der Waals surface area contributed by atoms with Crippen molar-refractivity contribution >= 4 is 15.7 Å². The summed E-state index contributed by atoms with van der Waals surface area (Å²) in [6.45, 7) is 7.82. The molecule has 0 bridgehead atoms. The zero-order chi connectivity index (χ0) is 21.2. The first-order valence-electron chi connectivity index (χ1n) is 9.80. The van der Waals surface area contributed by atoms with E-state index in [0.717, 1.165) is 23.3 Å². The summed E-state index contributed by atoms with van der Waals surface area (Å²) in [5.41, 5.74) is 2.02. The first-order chi connectivity index (χ1) is 13.7. The fourth-order valence-corrected chi connectivity index (χ4v) is 4.58. The van der Waals surface area contributed by atoms with Gasteiger partial charge in [-0.2, -0.15) is 0 Å². The number of amides is 1. The minimum atomic E-state index is -3.57. The fourth-order valence-electron chi connectivity index (χ4n) is 3.34. The third-order valence-corrected chi connectivity index (χ3v) is 7.09. The van der Waals surface area contributed by atoms with E-state index < -0.39 is 21.0 Å². The lowest BCUT2D eigenvalue weighted by Crippen LogP contribution is -2.26. The number of carbonyl (C=O) groups excluding carboxylic acids is 1. The van der Waals surface area contributed by atoms with Crippen LogP contribution in [0.1, 0.15) is 49.2 Å². The van der Waals surface area contributed by atoms with Crippen LogP contribution < -0.4 is 14.8 Å². The predicted molar refractivity (Wildman–Crippen MR) is 111 cm³/mol. The van der Waals surface area contributed by atoms with Gasteiger partial charge in [0, 0.05) is 24.1 Å². The molecule has 6 nitrogen and oxygen atoms in total. The summed E-state index contributed by atoms with van der Waals surface area (Å²) in [6, 6.07) is 10.1. The quantitative estimate of drug-likeness (QED) is 0.745. The van der Waals surface area contributed by atoms with Crippen LogP contribution in [0.4, 0.5) is 0 Å². The van der Waals surface area contributed by atoms with Crippen LogP contribution in [-0.2, 0) is 22.8 Å². The highest BCUT2D eigenvalue weighted by Crippen LogP contribution is 2.35. The first-order valence-corrected chi connectivity index (χ1v) is 11.3. The van der Waals surface area contributed by atoms with E-state index in [1.807, 2.05) is 26.0 Å². The normalized spacial score (nSPS) is 15.7. The molecule has 3 rings (SSSR count). The number of carbonyl (C=O) groups is 1. The van der Waals surface area contributed by atoms with Crippen LogP contribution in [-0.4, -0.2) is 32.3 Å². The average molecular weight is 418 g/mol. The number of sulfone groups is 1. The summed E-state index contributed by atoms with van der Waals surface area (Å²) >= 11 is 0. The molecule has 1 atom stereocenters. The van der Waals surface area contributed by atoms with E-state index in [1.165, 1.54) is 12.1 Å². The summed E-state index contributed by atoms with van der Waals surface area (Å²) in [4.78, 5) is 12.9. The van der Waals surface area contributed by atoms with Crippen molar-refractivity contribution in [2.75, 3.05) is 6.61 Å². The van der Waals surface area contributed by atoms with Crippen LogP contribution in [0.5, 0.6) is 11.5 Å². The van der Waals surface area contributed by atoms with Crippen molar-refractivity contribution in [3.05, 3.63) is 53.1 Å². The molecule has 0 spiro atoms. The zero-order valence-corrected chi connectivity index (χ0v) is 18.0. The smallest absolute Gasteiger partial charge is 0.252 e. The molecule has 0 aromatic heterocycles. The molecular formula is C22H27NO5S. The van der Waals surface area contributed by atoms with Crippen LogP contribution >= 0.6 is 0 Å². The van der Waals surface area contributed by atoms with E-state index in [2.05, 4.69) is 5.32 Å². The minimum Gasteiger partial charge on any atom is -0.494 e. The molecule has 1 unspecified atom stereocenters. The number of ether oxygens (including phenoxy) is 2. The van der Waals surface area contributed by atoms with Crippen molar-refractivity contribution in [3.63, 3.8) is 0 Å². The van der Waals surface area contributed by atoms with E-state index in [4.69, 9.17) is 9.47 Å². The molecule has 1 aliphatic rings. The number of nitrogens with one attached hydrogen (secondary N) is 1. The van der Waals surface area contributed by atoms with E-state index >= 15 is 0 Å². The number of benzene rings is 2. The fraction of sp³-hybridized carbons (Fsp3) is 0.409. The Hall–Kier alpha value is -2.54. The van der Waals surface area contributed by atoms with Crippen molar-refractivity contribution in [3.8, 4) is 11.5 Å². The Morgan fingerprint density at radius 1 is 1.28 bits per heavy atom. The van der Waals surface area contributed by atoms with E-state index in [9.17, 15) is 13.2 Å². The second-order valence-electron chi connectivity index (χ2n) is 7.41. The Morgan fingerprint density at radius 2 is 2.00 bits per heavy atom. The Balaban J connectivity index is 1.85. The van der Waals surface area contributed by atoms with Gasteiger partial charge >= 0.3 is 0 Å². The highest BCUT2D eigenvalue weighted by molar-refractivity contribution is 7.92. The summed E-state index contributed by atoms with van der Waals surface area (Å²) in [7, 11) is -3.57. The van der Waals surface area contributed by atoms with Gasteiger partial charge in [0.2, 0.25) is 0 Å². The standard InChI is InChI=1S/C22H27NO5S/c1-5-27-19-11-16-10-15(4)28-20(16)12-17(19)13-23-22(24)18-8-6-7-9-21(18)29(25,26)14(2)3/h6-9,11-12,14-15H,5,10,13H2,1-4H3,(H,23,24). The lowest BCUT2D eigenvalue weighted by atomic mass is 10.1. The molecule has 1 N–H and O–H groups in total. The van der Waals surface area contributed by atoms with Crippen molar-refractivity contribution in [1.29, 1.82) is 0 Å². The molecule has 1 aliphatic heterocycles. The van der Waals surface area contributed by atoms with E-state index in [-0.39, 0.29) is 23.1 Å². The highest BCUT2D eigenvalue weighted by Gasteiger charge is 2.26. The first kappa shape index (κ1) is 21.2. The molecule has 2 aromatic rings. The van der Waals surface area contributed by atoms with Gasteiger partial charge in [0.1, 0.15) is 17.6 Å². The third kappa shape index (κ3) is 4.40. The molecule has 2 aromatic carbocycles. The Kier molecular flexibility index (Phi) is 6.17. The van der Waals surface area contributed by atoms with Crippen LogP contribution in [0.25, 0.3) is 0 Å². The Labute approximate surface area is 172 Å². The third-order valence-electron chi connectivity index (χ3n) is 4.88. The maximum absolute atomic E-state index is 12.8. The van der Waals surface area contributed by atoms with Crippen molar-refractivity contribution in [2.24, 2.45) is 0 Å². The summed E-state index contributed by atoms with van der Waals surface area (Å²) < 4.78 is 36.8. The van der Waals surface area contributed by atoms with Gasteiger partial charge in [0.15, 0.2) is 9.84 Å². The lowest BCUT2D eigenvalue weighted by Gasteiger charge is -2.15. The van der Waals surface area contributed by atoms with E-state index in [0.29, 0.717) is 12.4 Å². The second kappa shape index (κ2) is 8.45. The monoisotopic (exact) mass is 417 g/mol. The summed E-state index contributed by atoms with van der Waals surface area (Å²) in [5, 5.41) is 2.21. The van der Waals surface area contributed by atoms with Gasteiger partial charge in [0.25, 0.3) is 5.91 Å². The lowest BCUT2D eigenvalue weighted by molar-refractivity contribution is 0.0947. The van der Waals surface area contributed by atoms with Crippen LogP contribution in [0.15, 0.2) is 41.3 Å². The van der Waals surface area contributed by atoms with Gasteiger partial charge in [-0.3, -0.25) is 4.79 Å². The van der Waals surface area contributed by atoms with Crippen molar-refractivity contribution < 1.29 is 22.7 Å².